The zero-order valence-electron chi connectivity index (χ0n) is 11.4. The maximum Gasteiger partial charge on any atom is 0.436 e. The number of carbonyl (C=O) groups excluding carboxylic acids is 3. The third-order valence-electron chi connectivity index (χ3n) is 2.38. The highest BCUT2D eigenvalue weighted by molar-refractivity contribution is 5.88. The van der Waals surface area contributed by atoms with Gasteiger partial charge in [0.15, 0.2) is 0 Å². The topological polar surface area (TPSA) is 85.3 Å². The molecule has 0 heterocycles. The standard InChI is InChI=1S/C14H14N2O5/c1-3-13(18)20-8-9-21-14(19)16(15-10-17)12-7-5-4-6-11(12)2/h3-7H,1,8-9H2,2H3. The van der Waals surface area contributed by atoms with Crippen LogP contribution in [0.1, 0.15) is 5.56 Å². The van der Waals surface area contributed by atoms with Gasteiger partial charge in [-0.15, -0.1) is 0 Å². The number of esters is 1. The summed E-state index contributed by atoms with van der Waals surface area (Å²) in [4.78, 5) is 33.1. The van der Waals surface area contributed by atoms with Gasteiger partial charge in [-0.05, 0) is 18.6 Å². The third-order valence-corrected chi connectivity index (χ3v) is 2.38. The largest absolute Gasteiger partial charge is 0.459 e. The summed E-state index contributed by atoms with van der Waals surface area (Å²) in [6, 6.07) is 6.83. The second-order valence-electron chi connectivity index (χ2n) is 3.78. The molecule has 0 N–H and O–H groups in total. The van der Waals surface area contributed by atoms with Gasteiger partial charge < -0.3 is 9.47 Å². The predicted molar refractivity (Wildman–Crippen MR) is 74.3 cm³/mol. The van der Waals surface area contributed by atoms with Gasteiger partial charge in [0, 0.05) is 6.08 Å². The maximum absolute atomic E-state index is 11.9. The van der Waals surface area contributed by atoms with Gasteiger partial charge in [-0.2, -0.15) is 5.01 Å². The number of rotatable bonds is 6. The SMILES string of the molecule is C=CC(=O)OCCOC(=O)N(N=C=O)c1ccccc1C. The number of benzene rings is 1. The molecule has 0 spiro atoms. The Labute approximate surface area is 121 Å². The van der Waals surface area contributed by atoms with Crippen LogP contribution in [0.4, 0.5) is 10.5 Å². The van der Waals surface area contributed by atoms with Crippen LogP contribution in [0.2, 0.25) is 0 Å². The molecule has 110 valence electrons. The van der Waals surface area contributed by atoms with Crippen molar-refractivity contribution >= 4 is 23.8 Å². The van der Waals surface area contributed by atoms with Crippen LogP contribution < -0.4 is 5.01 Å². The molecule has 0 aliphatic carbocycles. The normalized spacial score (nSPS) is 9.19. The highest BCUT2D eigenvalue weighted by Gasteiger charge is 2.18. The summed E-state index contributed by atoms with van der Waals surface area (Å²) >= 11 is 0. The zero-order valence-corrected chi connectivity index (χ0v) is 11.4. The Morgan fingerprint density at radius 3 is 2.62 bits per heavy atom. The summed E-state index contributed by atoms with van der Waals surface area (Å²) in [5.41, 5.74) is 1.13. The number of ether oxygens (including phenoxy) is 2. The minimum atomic E-state index is -0.873. The number of nitrogens with zero attached hydrogens (tertiary/aromatic N) is 2. The van der Waals surface area contributed by atoms with Crippen LogP contribution in [0.3, 0.4) is 0 Å². The summed E-state index contributed by atoms with van der Waals surface area (Å²) in [6.07, 6.45) is 1.42. The van der Waals surface area contributed by atoms with Crippen LogP contribution in [-0.4, -0.2) is 31.4 Å². The first-order valence-electron chi connectivity index (χ1n) is 5.99. The number of hydrogen-bond donors (Lipinski definition) is 0. The fraction of sp³-hybridized carbons (Fsp3) is 0.214. The Balaban J connectivity index is 2.67. The molecule has 0 saturated carbocycles. The molecule has 0 saturated heterocycles. The lowest BCUT2D eigenvalue weighted by molar-refractivity contribution is -0.138. The van der Waals surface area contributed by atoms with Gasteiger partial charge >= 0.3 is 12.1 Å². The lowest BCUT2D eigenvalue weighted by Crippen LogP contribution is -2.28. The Morgan fingerprint density at radius 1 is 1.33 bits per heavy atom. The van der Waals surface area contributed by atoms with Crippen molar-refractivity contribution in [2.75, 3.05) is 18.2 Å². The number of isocyanates is 1. The van der Waals surface area contributed by atoms with Crippen molar-refractivity contribution in [2.45, 2.75) is 6.92 Å². The molecule has 1 aromatic rings. The minimum absolute atomic E-state index is 0.122. The third kappa shape index (κ3) is 4.93. The number of anilines is 1. The number of hydrogen-bond acceptors (Lipinski definition) is 6. The van der Waals surface area contributed by atoms with Gasteiger partial charge in [-0.3, -0.25) is 0 Å². The summed E-state index contributed by atoms with van der Waals surface area (Å²) in [5, 5.41) is 4.10. The lowest BCUT2D eigenvalue weighted by Gasteiger charge is -2.16. The van der Waals surface area contributed by atoms with Crippen molar-refractivity contribution in [1.29, 1.82) is 0 Å². The maximum atomic E-state index is 11.9. The molecule has 0 aliphatic heterocycles. The minimum Gasteiger partial charge on any atom is -0.459 e. The van der Waals surface area contributed by atoms with Crippen molar-refractivity contribution in [1.82, 2.24) is 0 Å². The first-order chi connectivity index (χ1) is 10.1. The van der Waals surface area contributed by atoms with E-state index in [0.717, 1.165) is 16.6 Å². The Kier molecular flexibility index (Phi) is 6.37. The molecule has 1 amide bonds. The Bertz CT molecular complexity index is 578. The molecule has 7 heteroatoms. The average molecular weight is 290 g/mol. The molecule has 1 aromatic carbocycles. The lowest BCUT2D eigenvalue weighted by atomic mass is 10.2. The second-order valence-corrected chi connectivity index (χ2v) is 3.78. The molecule has 0 atom stereocenters. The first-order valence-corrected chi connectivity index (χ1v) is 5.99. The van der Waals surface area contributed by atoms with E-state index in [2.05, 4.69) is 16.4 Å². The Hall–Kier alpha value is -2.92. The predicted octanol–water partition coefficient (Wildman–Crippen LogP) is 1.92. The van der Waals surface area contributed by atoms with E-state index in [4.69, 9.17) is 4.74 Å². The molecule has 0 aromatic heterocycles. The summed E-state index contributed by atoms with van der Waals surface area (Å²) in [5.74, 6) is -0.618. The van der Waals surface area contributed by atoms with E-state index in [-0.39, 0.29) is 13.2 Å². The van der Waals surface area contributed by atoms with E-state index in [1.165, 1.54) is 6.08 Å². The number of para-hydroxylation sites is 1. The van der Waals surface area contributed by atoms with Crippen LogP contribution in [0.5, 0.6) is 0 Å². The van der Waals surface area contributed by atoms with Crippen LogP contribution in [0.25, 0.3) is 0 Å². The fourth-order valence-corrected chi connectivity index (χ4v) is 1.43. The van der Waals surface area contributed by atoms with Crippen molar-refractivity contribution in [3.05, 3.63) is 42.5 Å². The number of aryl methyl sites for hydroxylation is 1. The molecule has 7 nitrogen and oxygen atoms in total. The van der Waals surface area contributed by atoms with Crippen molar-refractivity contribution in [3.63, 3.8) is 0 Å². The smallest absolute Gasteiger partial charge is 0.436 e. The van der Waals surface area contributed by atoms with Gasteiger partial charge in [0.1, 0.15) is 13.2 Å². The summed E-state index contributed by atoms with van der Waals surface area (Å²) < 4.78 is 9.51. The molecule has 0 unspecified atom stereocenters. The molecule has 1 rings (SSSR count). The highest BCUT2D eigenvalue weighted by Crippen LogP contribution is 2.20. The number of amides is 1. The number of carbonyl (C=O) groups is 2. The summed E-state index contributed by atoms with van der Waals surface area (Å²) in [6.45, 7) is 4.69. The molecular weight excluding hydrogens is 276 g/mol. The van der Waals surface area contributed by atoms with E-state index < -0.39 is 12.1 Å². The monoisotopic (exact) mass is 290 g/mol. The Morgan fingerprint density at radius 2 is 2.00 bits per heavy atom. The van der Waals surface area contributed by atoms with Gasteiger partial charge in [-0.1, -0.05) is 29.9 Å². The highest BCUT2D eigenvalue weighted by atomic mass is 16.6. The van der Waals surface area contributed by atoms with Crippen LogP contribution in [0.15, 0.2) is 42.0 Å². The average Bonchev–Trinajstić information content (AvgIpc) is 2.49. The molecule has 21 heavy (non-hydrogen) atoms. The quantitative estimate of drug-likeness (QED) is 0.199. The summed E-state index contributed by atoms with van der Waals surface area (Å²) in [7, 11) is 0. The van der Waals surface area contributed by atoms with Gasteiger partial charge in [0.05, 0.1) is 5.69 Å². The van der Waals surface area contributed by atoms with Crippen molar-refractivity contribution in [3.8, 4) is 0 Å². The second kappa shape index (κ2) is 8.29. The van der Waals surface area contributed by atoms with E-state index in [0.29, 0.717) is 5.69 Å². The van der Waals surface area contributed by atoms with Crippen LogP contribution in [0, 0.1) is 6.92 Å². The van der Waals surface area contributed by atoms with E-state index in [9.17, 15) is 14.4 Å². The van der Waals surface area contributed by atoms with Crippen molar-refractivity contribution in [2.24, 2.45) is 5.10 Å². The molecule has 0 bridgehead atoms. The van der Waals surface area contributed by atoms with Gasteiger partial charge in [-0.25, -0.2) is 14.4 Å². The van der Waals surface area contributed by atoms with Crippen molar-refractivity contribution < 1.29 is 23.9 Å². The molecule has 0 fully saturated rings. The zero-order chi connectivity index (χ0) is 15.7. The molecule has 0 radical (unpaired) electrons. The number of hydrazone groups is 1. The van der Waals surface area contributed by atoms with Gasteiger partial charge in [0.2, 0.25) is 0 Å². The molecule has 0 aliphatic rings. The van der Waals surface area contributed by atoms with E-state index in [1.807, 2.05) is 0 Å². The molecular formula is C14H14N2O5. The van der Waals surface area contributed by atoms with E-state index in [1.54, 1.807) is 31.2 Å². The van der Waals surface area contributed by atoms with Gasteiger partial charge in [0.25, 0.3) is 6.08 Å². The first kappa shape index (κ1) is 16.1. The van der Waals surface area contributed by atoms with E-state index >= 15 is 0 Å². The van der Waals surface area contributed by atoms with Crippen LogP contribution >= 0.6 is 0 Å². The fourth-order valence-electron chi connectivity index (χ4n) is 1.43. The van der Waals surface area contributed by atoms with Crippen LogP contribution in [-0.2, 0) is 19.1 Å².